The van der Waals surface area contributed by atoms with E-state index in [2.05, 4.69) is 18.2 Å². The molecule has 2 aliphatic rings. The first-order valence-corrected chi connectivity index (χ1v) is 8.28. The maximum Gasteiger partial charge on any atom is 0.342 e. The Hall–Kier alpha value is -2.75. The minimum absolute atomic E-state index is 0.595. The van der Waals surface area contributed by atoms with E-state index in [9.17, 15) is 15.3 Å². The van der Waals surface area contributed by atoms with Crippen LogP contribution in [-0.2, 0) is 0 Å². The average molecular weight is 330 g/mol. The summed E-state index contributed by atoms with van der Waals surface area (Å²) < 4.78 is 4.80. The maximum absolute atomic E-state index is 10.3. The fourth-order valence-corrected chi connectivity index (χ4v) is 3.76. The Morgan fingerprint density at radius 3 is 2.56 bits per heavy atom. The zero-order valence-electron chi connectivity index (χ0n) is 13.3. The summed E-state index contributed by atoms with van der Waals surface area (Å²) in [5.74, 6) is 0. The van der Waals surface area contributed by atoms with E-state index >= 15 is 0 Å². The first kappa shape index (κ1) is 14.6. The molecule has 0 spiro atoms. The average Bonchev–Trinajstić information content (AvgIpc) is 2.64. The van der Waals surface area contributed by atoms with Crippen molar-refractivity contribution in [1.29, 1.82) is 0 Å². The van der Waals surface area contributed by atoms with Crippen molar-refractivity contribution < 1.29 is 15.3 Å². The highest BCUT2D eigenvalue weighted by Gasteiger charge is 2.31. The number of aliphatic hydroxyl groups excluding tert-OH is 3. The van der Waals surface area contributed by atoms with Crippen LogP contribution in [0.1, 0.15) is 17.2 Å². The number of aliphatic hydroxyl groups is 3. The number of nitrogens with zero attached hydrogens (tertiary/aromatic N) is 1. The van der Waals surface area contributed by atoms with Crippen molar-refractivity contribution in [3.8, 4) is 0 Å². The van der Waals surface area contributed by atoms with Crippen LogP contribution >= 0.6 is 0 Å². The van der Waals surface area contributed by atoms with Gasteiger partial charge in [-0.05, 0) is 40.6 Å². The number of benzene rings is 3. The Kier molecular flexibility index (Phi) is 2.99. The second-order valence-electron chi connectivity index (χ2n) is 6.57. The molecule has 1 aliphatic heterocycles. The molecule has 25 heavy (non-hydrogen) atoms. The van der Waals surface area contributed by atoms with E-state index in [-0.39, 0.29) is 0 Å². The van der Waals surface area contributed by atoms with Crippen molar-refractivity contribution in [3.05, 3.63) is 80.8 Å². The molecule has 3 N–H and O–H groups in total. The topological polar surface area (TPSA) is 74.8 Å². The van der Waals surface area contributed by atoms with Crippen LogP contribution in [0.5, 0.6) is 0 Å². The molecule has 4 nitrogen and oxygen atoms in total. The molecule has 0 radical (unpaired) electrons. The number of hydrogen-bond acceptors (Lipinski definition) is 3. The Balaban J connectivity index is 1.99. The lowest BCUT2D eigenvalue weighted by Gasteiger charge is -2.25. The van der Waals surface area contributed by atoms with E-state index in [0.717, 1.165) is 32.3 Å². The van der Waals surface area contributed by atoms with E-state index in [1.807, 2.05) is 30.3 Å². The minimum atomic E-state index is -1.21. The highest BCUT2D eigenvalue weighted by molar-refractivity contribution is 5.84. The first-order valence-electron chi connectivity index (χ1n) is 8.28. The van der Waals surface area contributed by atoms with E-state index in [0.29, 0.717) is 10.8 Å². The van der Waals surface area contributed by atoms with Gasteiger partial charge >= 0.3 is 10.7 Å². The summed E-state index contributed by atoms with van der Waals surface area (Å²) in [6.45, 7) is 0. The Morgan fingerprint density at radius 2 is 1.68 bits per heavy atom. The Bertz CT molecular complexity index is 1290. The van der Waals surface area contributed by atoms with Crippen LogP contribution in [0, 0.1) is 0 Å². The van der Waals surface area contributed by atoms with E-state index in [4.69, 9.17) is 4.67 Å². The van der Waals surface area contributed by atoms with Crippen molar-refractivity contribution in [1.82, 2.24) is 4.67 Å². The van der Waals surface area contributed by atoms with Crippen LogP contribution in [-0.4, -0.2) is 27.5 Å². The molecule has 1 aliphatic carbocycles. The Labute approximate surface area is 142 Å². The number of hydrogen-bond donors (Lipinski definition) is 3. The molecular formula is C21H16NO3+. The third-order valence-corrected chi connectivity index (χ3v) is 5.09. The van der Waals surface area contributed by atoms with Crippen molar-refractivity contribution in [3.63, 3.8) is 0 Å². The standard InChI is InChI=1S/C21H16NO3/c23-18-10-16-14(20(24)21(18)25)7-5-12-9-15-13-4-2-1-3-11(13)6-8-17(15)22-19(12)16/h1-10,18,20-21,23-25H/q+1/t18-,20+,21+/m1/s1. The van der Waals surface area contributed by atoms with Gasteiger partial charge in [0.25, 0.3) is 0 Å². The van der Waals surface area contributed by atoms with Crippen LogP contribution in [0.25, 0.3) is 22.9 Å². The third-order valence-electron chi connectivity index (χ3n) is 5.09. The summed E-state index contributed by atoms with van der Waals surface area (Å²) in [7, 11) is 0. The van der Waals surface area contributed by atoms with Crippen LogP contribution in [0.15, 0.2) is 48.5 Å². The molecule has 0 bridgehead atoms. The molecular weight excluding hydrogens is 314 g/mol. The zero-order valence-corrected chi connectivity index (χ0v) is 13.3. The van der Waals surface area contributed by atoms with Gasteiger partial charge in [-0.1, -0.05) is 35.0 Å². The molecule has 0 unspecified atom stereocenters. The molecule has 0 saturated carbocycles. The molecule has 0 saturated heterocycles. The smallest absolute Gasteiger partial charge is 0.342 e. The van der Waals surface area contributed by atoms with Gasteiger partial charge in [-0.3, -0.25) is 0 Å². The van der Waals surface area contributed by atoms with Crippen molar-refractivity contribution in [2.24, 2.45) is 0 Å². The number of rotatable bonds is 0. The fourth-order valence-electron chi connectivity index (χ4n) is 3.76. The normalized spacial score (nSPS) is 23.2. The summed E-state index contributed by atoms with van der Waals surface area (Å²) in [5.41, 5.74) is 1.53. The molecule has 1 heterocycles. The summed E-state index contributed by atoms with van der Waals surface area (Å²) in [6, 6.07) is 15.9. The largest absolute Gasteiger partial charge is 0.387 e. The summed E-state index contributed by atoms with van der Waals surface area (Å²) >= 11 is 0. The van der Waals surface area contributed by atoms with Crippen molar-refractivity contribution in [2.75, 3.05) is 0 Å². The van der Waals surface area contributed by atoms with Gasteiger partial charge in [-0.25, -0.2) is 0 Å². The lowest BCUT2D eigenvalue weighted by atomic mass is 9.90. The molecule has 122 valence electrons. The van der Waals surface area contributed by atoms with Gasteiger partial charge in [0.15, 0.2) is 0 Å². The van der Waals surface area contributed by atoms with Gasteiger partial charge in [0.2, 0.25) is 0 Å². The van der Waals surface area contributed by atoms with Gasteiger partial charge in [-0.2, -0.15) is 0 Å². The predicted octanol–water partition coefficient (Wildman–Crippen LogP) is -1.46. The lowest BCUT2D eigenvalue weighted by Crippen LogP contribution is -2.48. The summed E-state index contributed by atoms with van der Waals surface area (Å²) in [5, 5.41) is 35.8. The van der Waals surface area contributed by atoms with E-state index in [1.54, 1.807) is 12.1 Å². The molecule has 0 fully saturated rings. The molecule has 3 aromatic rings. The molecule has 5 rings (SSSR count). The molecule has 0 aromatic heterocycles. The van der Waals surface area contributed by atoms with Crippen LogP contribution < -0.4 is 25.8 Å². The summed E-state index contributed by atoms with van der Waals surface area (Å²) in [6.07, 6.45) is 0.234. The highest BCUT2D eigenvalue weighted by Crippen LogP contribution is 2.20. The third kappa shape index (κ3) is 2.03. The van der Waals surface area contributed by atoms with E-state index in [1.165, 1.54) is 0 Å². The monoisotopic (exact) mass is 330 g/mol. The van der Waals surface area contributed by atoms with Crippen LogP contribution in [0.3, 0.4) is 0 Å². The minimum Gasteiger partial charge on any atom is -0.387 e. The molecule has 0 amide bonds. The van der Waals surface area contributed by atoms with Crippen LogP contribution in [0.4, 0.5) is 0 Å². The van der Waals surface area contributed by atoms with Crippen molar-refractivity contribution in [2.45, 2.75) is 18.3 Å². The lowest BCUT2D eigenvalue weighted by molar-refractivity contribution is -0.0411. The maximum atomic E-state index is 10.3. The van der Waals surface area contributed by atoms with Gasteiger partial charge < -0.3 is 15.3 Å². The van der Waals surface area contributed by atoms with Crippen LogP contribution in [0.2, 0.25) is 0 Å². The van der Waals surface area contributed by atoms with Gasteiger partial charge in [0.05, 0.1) is 16.0 Å². The molecule has 4 heteroatoms. The predicted molar refractivity (Wildman–Crippen MR) is 94.2 cm³/mol. The second-order valence-corrected chi connectivity index (χ2v) is 6.57. The fraction of sp³-hybridized carbons (Fsp3) is 0.143. The number of fused-ring (bicyclic) bond motifs is 6. The molecule has 3 aromatic carbocycles. The first-order chi connectivity index (χ1) is 12.1. The summed E-state index contributed by atoms with van der Waals surface area (Å²) in [4.78, 5) is 0. The molecule has 3 atom stereocenters. The van der Waals surface area contributed by atoms with Gasteiger partial charge in [0, 0.05) is 6.07 Å². The second kappa shape index (κ2) is 5.12. The highest BCUT2D eigenvalue weighted by atomic mass is 16.4. The van der Waals surface area contributed by atoms with E-state index < -0.39 is 18.3 Å². The van der Waals surface area contributed by atoms with Gasteiger partial charge in [-0.15, -0.1) is 0 Å². The quantitative estimate of drug-likeness (QED) is 0.345. The zero-order chi connectivity index (χ0) is 17.1. The van der Waals surface area contributed by atoms with Gasteiger partial charge in [0.1, 0.15) is 18.3 Å². The van der Waals surface area contributed by atoms with Crippen molar-refractivity contribution >= 4 is 22.9 Å². The SMILES string of the molecule is O[C@H]1[C@H](O)C=c2c(ccc3c2=[N+]=c2ccc4ccccc4c2=C3)[C@@H]1O. The Morgan fingerprint density at radius 1 is 0.840 bits per heavy atom.